The van der Waals surface area contributed by atoms with Crippen LogP contribution in [0.3, 0.4) is 0 Å². The summed E-state index contributed by atoms with van der Waals surface area (Å²) in [5.74, 6) is 0.630. The molecule has 0 spiro atoms. The van der Waals surface area contributed by atoms with Gasteiger partial charge >= 0.3 is 0 Å². The molecule has 3 nitrogen and oxygen atoms in total. The summed E-state index contributed by atoms with van der Waals surface area (Å²) in [7, 11) is 0. The maximum Gasteiger partial charge on any atom is 0.220 e. The lowest BCUT2D eigenvalue weighted by atomic mass is 9.97. The lowest BCUT2D eigenvalue weighted by molar-refractivity contribution is -0.122. The Balaban J connectivity index is 0.00000361. The van der Waals surface area contributed by atoms with Gasteiger partial charge in [0.25, 0.3) is 0 Å². The average Bonchev–Trinajstić information content (AvgIpc) is 2.36. The first-order valence-corrected chi connectivity index (χ1v) is 7.09. The van der Waals surface area contributed by atoms with Gasteiger partial charge < -0.3 is 11.1 Å². The van der Waals surface area contributed by atoms with Crippen molar-refractivity contribution in [3.05, 3.63) is 35.9 Å². The Kier molecular flexibility index (Phi) is 9.26. The van der Waals surface area contributed by atoms with Crippen LogP contribution in [0.4, 0.5) is 0 Å². The minimum absolute atomic E-state index is 0. The van der Waals surface area contributed by atoms with Crippen LogP contribution in [0.1, 0.15) is 51.6 Å². The highest BCUT2D eigenvalue weighted by Gasteiger charge is 2.15. The van der Waals surface area contributed by atoms with Gasteiger partial charge in [0.2, 0.25) is 5.91 Å². The fourth-order valence-corrected chi connectivity index (χ4v) is 2.06. The SMILES string of the molecule is CC(C)CC(NC(=O)CCC(C)N)c1ccccc1.Cl. The second-order valence-electron chi connectivity index (χ2n) is 5.68. The standard InChI is InChI=1S/C16H26N2O.ClH/c1-12(2)11-15(14-7-5-4-6-8-14)18-16(19)10-9-13(3)17;/h4-8,12-13,15H,9-11,17H2,1-3H3,(H,18,19);1H. The van der Waals surface area contributed by atoms with E-state index in [1.807, 2.05) is 25.1 Å². The van der Waals surface area contributed by atoms with E-state index in [9.17, 15) is 4.79 Å². The smallest absolute Gasteiger partial charge is 0.220 e. The Hall–Kier alpha value is -1.06. The van der Waals surface area contributed by atoms with Crippen LogP contribution in [0.15, 0.2) is 30.3 Å². The first-order valence-electron chi connectivity index (χ1n) is 7.09. The lowest BCUT2D eigenvalue weighted by Gasteiger charge is -2.21. The van der Waals surface area contributed by atoms with Crippen molar-refractivity contribution in [2.45, 2.75) is 52.1 Å². The number of nitrogens with one attached hydrogen (secondary N) is 1. The number of rotatable bonds is 7. The molecule has 2 atom stereocenters. The average molecular weight is 299 g/mol. The van der Waals surface area contributed by atoms with E-state index in [-0.39, 0.29) is 30.4 Å². The van der Waals surface area contributed by atoms with Crippen molar-refractivity contribution >= 4 is 18.3 Å². The zero-order valence-corrected chi connectivity index (χ0v) is 13.5. The van der Waals surface area contributed by atoms with Gasteiger partial charge in [-0.15, -0.1) is 12.4 Å². The van der Waals surface area contributed by atoms with Crippen molar-refractivity contribution in [2.75, 3.05) is 0 Å². The number of hydrogen-bond donors (Lipinski definition) is 2. The summed E-state index contributed by atoms with van der Waals surface area (Å²) >= 11 is 0. The van der Waals surface area contributed by atoms with Gasteiger partial charge in [0, 0.05) is 12.5 Å². The molecule has 0 saturated carbocycles. The molecule has 0 aliphatic heterocycles. The number of carbonyl (C=O) groups is 1. The van der Waals surface area contributed by atoms with E-state index in [1.165, 1.54) is 5.56 Å². The first kappa shape index (κ1) is 18.9. The minimum atomic E-state index is 0. The molecule has 0 heterocycles. The first-order chi connectivity index (χ1) is 8.99. The van der Waals surface area contributed by atoms with Crippen LogP contribution < -0.4 is 11.1 Å². The van der Waals surface area contributed by atoms with Gasteiger partial charge in [-0.2, -0.15) is 0 Å². The molecule has 0 aliphatic carbocycles. The summed E-state index contributed by atoms with van der Waals surface area (Å²) in [5.41, 5.74) is 6.85. The highest BCUT2D eigenvalue weighted by atomic mass is 35.5. The molecule has 114 valence electrons. The molecule has 0 aliphatic rings. The van der Waals surface area contributed by atoms with Crippen molar-refractivity contribution in [1.29, 1.82) is 0 Å². The third-order valence-electron chi connectivity index (χ3n) is 3.07. The summed E-state index contributed by atoms with van der Waals surface area (Å²) in [6.45, 7) is 6.27. The highest BCUT2D eigenvalue weighted by Crippen LogP contribution is 2.21. The third kappa shape index (κ3) is 7.51. The molecule has 20 heavy (non-hydrogen) atoms. The number of benzene rings is 1. The van der Waals surface area contributed by atoms with Crippen molar-refractivity contribution in [2.24, 2.45) is 11.7 Å². The largest absolute Gasteiger partial charge is 0.349 e. The fourth-order valence-electron chi connectivity index (χ4n) is 2.06. The molecule has 1 amide bonds. The second-order valence-corrected chi connectivity index (χ2v) is 5.68. The van der Waals surface area contributed by atoms with Gasteiger partial charge in [-0.25, -0.2) is 0 Å². The molecule has 0 radical (unpaired) electrons. The minimum Gasteiger partial charge on any atom is -0.349 e. The van der Waals surface area contributed by atoms with Gasteiger partial charge in [-0.05, 0) is 31.2 Å². The van der Waals surface area contributed by atoms with Crippen LogP contribution >= 0.6 is 12.4 Å². The van der Waals surface area contributed by atoms with Gasteiger partial charge in [-0.1, -0.05) is 44.2 Å². The Morgan fingerprint density at radius 3 is 2.30 bits per heavy atom. The number of carbonyl (C=O) groups excluding carboxylic acids is 1. The van der Waals surface area contributed by atoms with Gasteiger partial charge in [0.05, 0.1) is 6.04 Å². The van der Waals surface area contributed by atoms with Crippen LogP contribution in [0, 0.1) is 5.92 Å². The summed E-state index contributed by atoms with van der Waals surface area (Å²) in [6, 6.07) is 10.3. The molecular formula is C16H27ClN2O. The number of nitrogens with two attached hydrogens (primary N) is 1. The predicted molar refractivity (Wildman–Crippen MR) is 86.9 cm³/mol. The number of halogens is 1. The molecule has 2 unspecified atom stereocenters. The van der Waals surface area contributed by atoms with Crippen molar-refractivity contribution in [1.82, 2.24) is 5.32 Å². The molecule has 0 aromatic heterocycles. The zero-order valence-electron chi connectivity index (χ0n) is 12.6. The summed E-state index contributed by atoms with van der Waals surface area (Å²) in [6.07, 6.45) is 2.18. The van der Waals surface area contributed by atoms with Crippen LogP contribution in [0.2, 0.25) is 0 Å². The quantitative estimate of drug-likeness (QED) is 0.810. The maximum absolute atomic E-state index is 11.9. The zero-order chi connectivity index (χ0) is 14.3. The van der Waals surface area contributed by atoms with Crippen LogP contribution in [-0.4, -0.2) is 11.9 Å². The molecule has 0 bridgehead atoms. The topological polar surface area (TPSA) is 55.1 Å². The molecular weight excluding hydrogens is 272 g/mol. The predicted octanol–water partition coefficient (Wildman–Crippen LogP) is 3.44. The van der Waals surface area contributed by atoms with E-state index in [0.29, 0.717) is 12.3 Å². The molecule has 1 aromatic carbocycles. The molecule has 1 rings (SSSR count). The summed E-state index contributed by atoms with van der Waals surface area (Å²) in [4.78, 5) is 11.9. The van der Waals surface area contributed by atoms with Gasteiger partial charge in [0.1, 0.15) is 0 Å². The lowest BCUT2D eigenvalue weighted by Crippen LogP contribution is -2.30. The van der Waals surface area contributed by atoms with E-state index >= 15 is 0 Å². The Morgan fingerprint density at radius 1 is 1.20 bits per heavy atom. The molecule has 4 heteroatoms. The monoisotopic (exact) mass is 298 g/mol. The third-order valence-corrected chi connectivity index (χ3v) is 3.07. The van der Waals surface area contributed by atoms with Crippen LogP contribution in [0.25, 0.3) is 0 Å². The molecule has 1 aromatic rings. The van der Waals surface area contributed by atoms with E-state index in [1.54, 1.807) is 0 Å². The van der Waals surface area contributed by atoms with Crippen LogP contribution in [0.5, 0.6) is 0 Å². The van der Waals surface area contributed by atoms with E-state index < -0.39 is 0 Å². The molecule has 0 saturated heterocycles. The summed E-state index contributed by atoms with van der Waals surface area (Å²) in [5, 5.41) is 3.13. The Morgan fingerprint density at radius 2 is 1.80 bits per heavy atom. The van der Waals surface area contributed by atoms with Crippen molar-refractivity contribution in [3.63, 3.8) is 0 Å². The van der Waals surface area contributed by atoms with Gasteiger partial charge in [0.15, 0.2) is 0 Å². The molecule has 3 N–H and O–H groups in total. The van der Waals surface area contributed by atoms with Crippen molar-refractivity contribution in [3.8, 4) is 0 Å². The maximum atomic E-state index is 11.9. The van der Waals surface area contributed by atoms with Crippen LogP contribution in [-0.2, 0) is 4.79 Å². The number of amides is 1. The normalized spacial score (nSPS) is 13.4. The van der Waals surface area contributed by atoms with Gasteiger partial charge in [-0.3, -0.25) is 4.79 Å². The summed E-state index contributed by atoms with van der Waals surface area (Å²) < 4.78 is 0. The second kappa shape index (κ2) is 9.78. The Bertz CT molecular complexity index is 379. The highest BCUT2D eigenvalue weighted by molar-refractivity contribution is 5.85. The van der Waals surface area contributed by atoms with Crippen molar-refractivity contribution < 1.29 is 4.79 Å². The van der Waals surface area contributed by atoms with E-state index in [4.69, 9.17) is 5.73 Å². The van der Waals surface area contributed by atoms with E-state index in [0.717, 1.165) is 12.8 Å². The fraction of sp³-hybridized carbons (Fsp3) is 0.562. The Labute approximate surface area is 128 Å². The number of hydrogen-bond acceptors (Lipinski definition) is 2. The molecule has 0 fully saturated rings. The van der Waals surface area contributed by atoms with E-state index in [2.05, 4.69) is 31.3 Å².